The summed E-state index contributed by atoms with van der Waals surface area (Å²) in [5.74, 6) is 0.322. The van der Waals surface area contributed by atoms with Crippen LogP contribution in [0.25, 0.3) is 0 Å². The summed E-state index contributed by atoms with van der Waals surface area (Å²) in [4.78, 5) is 22.2. The van der Waals surface area contributed by atoms with Crippen molar-refractivity contribution in [2.45, 2.75) is 12.8 Å². The fourth-order valence-electron chi connectivity index (χ4n) is 2.17. The molecule has 2 rings (SSSR count). The van der Waals surface area contributed by atoms with Crippen LogP contribution in [0.4, 0.5) is 5.69 Å². The van der Waals surface area contributed by atoms with Crippen LogP contribution in [0.15, 0.2) is 41.5 Å². The minimum absolute atomic E-state index is 0.145. The third-order valence-corrected chi connectivity index (χ3v) is 4.03. The summed E-state index contributed by atoms with van der Waals surface area (Å²) in [6.07, 6.45) is 1.95. The van der Waals surface area contributed by atoms with Gasteiger partial charge in [-0.2, -0.15) is 5.10 Å². The number of halogens is 2. The lowest BCUT2D eigenvalue weighted by Crippen LogP contribution is -2.18. The fraction of sp³-hybridized carbons (Fsp3) is 0.222. The molecule has 0 aliphatic heterocycles. The highest BCUT2D eigenvalue weighted by Crippen LogP contribution is 2.28. The lowest BCUT2D eigenvalue weighted by atomic mass is 10.2. The van der Waals surface area contributed by atoms with Crippen LogP contribution in [-0.4, -0.2) is 30.8 Å². The number of nitro groups is 1. The SMILES string of the molecule is COc1ccc(C=NNC(=O)CCCOc2ccc(Cl)cc2Cl)cc1[N+](=O)[O-]. The van der Waals surface area contributed by atoms with Gasteiger partial charge in [0.1, 0.15) is 5.75 Å². The van der Waals surface area contributed by atoms with Crippen molar-refractivity contribution in [3.05, 3.63) is 62.1 Å². The van der Waals surface area contributed by atoms with Crippen molar-refractivity contribution < 1.29 is 19.2 Å². The second-order valence-electron chi connectivity index (χ2n) is 5.51. The Hall–Kier alpha value is -2.84. The van der Waals surface area contributed by atoms with E-state index in [1.165, 1.54) is 25.5 Å². The molecule has 2 aromatic rings. The van der Waals surface area contributed by atoms with E-state index in [-0.39, 0.29) is 23.8 Å². The monoisotopic (exact) mass is 425 g/mol. The first kappa shape index (κ1) is 21.5. The van der Waals surface area contributed by atoms with Gasteiger partial charge in [0.05, 0.1) is 29.9 Å². The van der Waals surface area contributed by atoms with Gasteiger partial charge in [0.2, 0.25) is 5.91 Å². The van der Waals surface area contributed by atoms with E-state index in [9.17, 15) is 14.9 Å². The Bertz CT molecular complexity index is 890. The average molecular weight is 426 g/mol. The first-order valence-electron chi connectivity index (χ1n) is 8.13. The van der Waals surface area contributed by atoms with Crippen molar-refractivity contribution in [2.24, 2.45) is 5.10 Å². The molecule has 0 bridgehead atoms. The number of rotatable bonds is 9. The highest BCUT2D eigenvalue weighted by Gasteiger charge is 2.14. The van der Waals surface area contributed by atoms with Crippen molar-refractivity contribution in [3.63, 3.8) is 0 Å². The number of nitro benzene ring substituents is 1. The van der Waals surface area contributed by atoms with E-state index in [1.807, 2.05) is 0 Å². The first-order chi connectivity index (χ1) is 13.4. The number of hydrazone groups is 1. The molecule has 0 aromatic heterocycles. The van der Waals surface area contributed by atoms with Crippen molar-refractivity contribution in [1.29, 1.82) is 0 Å². The van der Waals surface area contributed by atoms with Gasteiger partial charge in [0, 0.05) is 23.1 Å². The summed E-state index contributed by atoms with van der Waals surface area (Å²) in [7, 11) is 1.35. The molecule has 10 heteroatoms. The van der Waals surface area contributed by atoms with Crippen molar-refractivity contribution in [3.8, 4) is 11.5 Å². The van der Waals surface area contributed by atoms with Gasteiger partial charge in [-0.15, -0.1) is 0 Å². The second-order valence-corrected chi connectivity index (χ2v) is 6.35. The van der Waals surface area contributed by atoms with Gasteiger partial charge < -0.3 is 9.47 Å². The summed E-state index contributed by atoms with van der Waals surface area (Å²) >= 11 is 11.8. The maximum atomic E-state index is 11.8. The van der Waals surface area contributed by atoms with Crippen LogP contribution < -0.4 is 14.9 Å². The quantitative estimate of drug-likeness (QED) is 0.280. The van der Waals surface area contributed by atoms with Gasteiger partial charge in [0.15, 0.2) is 5.75 Å². The average Bonchev–Trinajstić information content (AvgIpc) is 2.66. The predicted molar refractivity (Wildman–Crippen MR) is 107 cm³/mol. The lowest BCUT2D eigenvalue weighted by Gasteiger charge is -2.07. The molecule has 0 aliphatic carbocycles. The summed E-state index contributed by atoms with van der Waals surface area (Å²) < 4.78 is 10.4. The van der Waals surface area contributed by atoms with Crippen LogP contribution in [0.1, 0.15) is 18.4 Å². The van der Waals surface area contributed by atoms with Gasteiger partial charge in [-0.1, -0.05) is 23.2 Å². The van der Waals surface area contributed by atoms with Gasteiger partial charge in [-0.3, -0.25) is 14.9 Å². The van der Waals surface area contributed by atoms with Crippen LogP contribution in [0, 0.1) is 10.1 Å². The zero-order chi connectivity index (χ0) is 20.5. The molecule has 0 heterocycles. The molecule has 0 spiro atoms. The van der Waals surface area contributed by atoms with Gasteiger partial charge in [0.25, 0.3) is 0 Å². The molecule has 28 heavy (non-hydrogen) atoms. The second kappa shape index (κ2) is 10.5. The number of ether oxygens (including phenoxy) is 2. The number of nitrogens with zero attached hydrogens (tertiary/aromatic N) is 2. The Morgan fingerprint density at radius 3 is 2.68 bits per heavy atom. The summed E-state index contributed by atoms with van der Waals surface area (Å²) in [5.41, 5.74) is 2.62. The third kappa shape index (κ3) is 6.40. The number of carbonyl (C=O) groups is 1. The van der Waals surface area contributed by atoms with Gasteiger partial charge in [-0.25, -0.2) is 5.43 Å². The van der Waals surface area contributed by atoms with Crippen LogP contribution >= 0.6 is 23.2 Å². The Labute approximate surface area is 171 Å². The highest BCUT2D eigenvalue weighted by molar-refractivity contribution is 6.35. The Kier molecular flexibility index (Phi) is 8.03. The minimum Gasteiger partial charge on any atom is -0.492 e. The van der Waals surface area contributed by atoms with Crippen LogP contribution in [0.3, 0.4) is 0 Å². The molecule has 8 nitrogen and oxygen atoms in total. The lowest BCUT2D eigenvalue weighted by molar-refractivity contribution is -0.385. The normalized spacial score (nSPS) is 10.7. The molecule has 0 fully saturated rings. The molecule has 1 N–H and O–H groups in total. The zero-order valence-electron chi connectivity index (χ0n) is 14.9. The number of nitrogens with one attached hydrogen (secondary N) is 1. The van der Waals surface area contributed by atoms with Crippen LogP contribution in [-0.2, 0) is 4.79 Å². The minimum atomic E-state index is -0.554. The van der Waals surface area contributed by atoms with E-state index >= 15 is 0 Å². The number of carbonyl (C=O) groups excluding carboxylic acids is 1. The first-order valence-corrected chi connectivity index (χ1v) is 8.88. The topological polar surface area (TPSA) is 103 Å². The van der Waals surface area contributed by atoms with E-state index in [4.69, 9.17) is 32.7 Å². The smallest absolute Gasteiger partial charge is 0.311 e. The van der Waals surface area contributed by atoms with E-state index in [0.717, 1.165) is 0 Å². The molecule has 0 aliphatic rings. The number of hydrogen-bond donors (Lipinski definition) is 1. The number of methoxy groups -OCH3 is 1. The molecule has 148 valence electrons. The van der Waals surface area contributed by atoms with Crippen molar-refractivity contribution in [2.75, 3.05) is 13.7 Å². The molecular weight excluding hydrogens is 409 g/mol. The highest BCUT2D eigenvalue weighted by atomic mass is 35.5. The zero-order valence-corrected chi connectivity index (χ0v) is 16.4. The van der Waals surface area contributed by atoms with Crippen LogP contribution in [0.2, 0.25) is 10.0 Å². The van der Waals surface area contributed by atoms with E-state index < -0.39 is 4.92 Å². The Morgan fingerprint density at radius 2 is 2.00 bits per heavy atom. The summed E-state index contributed by atoms with van der Waals surface area (Å²) in [6.45, 7) is 0.295. The molecule has 0 unspecified atom stereocenters. The molecule has 0 saturated carbocycles. The summed E-state index contributed by atoms with van der Waals surface area (Å²) in [5, 5.41) is 15.7. The Morgan fingerprint density at radius 1 is 1.25 bits per heavy atom. The summed E-state index contributed by atoms with van der Waals surface area (Å²) in [6, 6.07) is 9.24. The van der Waals surface area contributed by atoms with Crippen molar-refractivity contribution >= 4 is 41.0 Å². The maximum Gasteiger partial charge on any atom is 0.311 e. The standard InChI is InChI=1S/C18H17Cl2N3O5/c1-27-17-6-4-12(9-15(17)23(25)26)11-21-22-18(24)3-2-8-28-16-7-5-13(19)10-14(16)20/h4-7,9-11H,2-3,8H2,1H3,(H,22,24). The molecule has 0 radical (unpaired) electrons. The number of amides is 1. The number of hydrogen-bond acceptors (Lipinski definition) is 6. The largest absolute Gasteiger partial charge is 0.492 e. The van der Waals surface area contributed by atoms with E-state index in [1.54, 1.807) is 24.3 Å². The van der Waals surface area contributed by atoms with E-state index in [0.29, 0.717) is 34.4 Å². The van der Waals surface area contributed by atoms with Crippen LogP contribution in [0.5, 0.6) is 11.5 Å². The third-order valence-electron chi connectivity index (χ3n) is 3.50. The van der Waals surface area contributed by atoms with E-state index in [2.05, 4.69) is 10.5 Å². The molecule has 0 atom stereocenters. The Balaban J connectivity index is 1.77. The molecule has 1 amide bonds. The predicted octanol–water partition coefficient (Wildman–Crippen LogP) is 4.22. The molecule has 0 saturated heterocycles. The molecule has 2 aromatic carbocycles. The maximum absolute atomic E-state index is 11.8. The number of benzene rings is 2. The van der Waals surface area contributed by atoms with Gasteiger partial charge >= 0.3 is 5.69 Å². The fourth-order valence-corrected chi connectivity index (χ4v) is 2.63. The van der Waals surface area contributed by atoms with Gasteiger partial charge in [-0.05, 0) is 36.8 Å². The van der Waals surface area contributed by atoms with Crippen molar-refractivity contribution in [1.82, 2.24) is 5.43 Å². The molecular formula is C18H17Cl2N3O5.